The summed E-state index contributed by atoms with van der Waals surface area (Å²) < 4.78 is 10.5. The van der Waals surface area contributed by atoms with Crippen LogP contribution in [0.25, 0.3) is 5.57 Å². The van der Waals surface area contributed by atoms with Gasteiger partial charge in [0.25, 0.3) is 0 Å². The third-order valence-corrected chi connectivity index (χ3v) is 4.95. The Morgan fingerprint density at radius 3 is 1.70 bits per heavy atom. The van der Waals surface area contributed by atoms with Crippen molar-refractivity contribution in [1.82, 2.24) is 0 Å². The van der Waals surface area contributed by atoms with Crippen LogP contribution >= 0.6 is 0 Å². The molecular weight excluding hydrogens is 392 g/mol. The lowest BCUT2D eigenvalue weighted by Crippen LogP contribution is -2.31. The summed E-state index contributed by atoms with van der Waals surface area (Å²) in [4.78, 5) is 25.0. The number of hydrogen-bond donors (Lipinski definition) is 0. The molecule has 0 atom stereocenters. The smallest absolute Gasteiger partial charge is 0.345 e. The molecule has 2 rings (SSSR count). The molecule has 2 aromatic carbocycles. The van der Waals surface area contributed by atoms with E-state index in [9.17, 15) is 9.59 Å². The van der Waals surface area contributed by atoms with Crippen molar-refractivity contribution < 1.29 is 19.1 Å². The summed E-state index contributed by atoms with van der Waals surface area (Å²) in [5.74, 6) is -1.33. The molecule has 0 fully saturated rings. The fourth-order valence-corrected chi connectivity index (χ4v) is 3.11. The Morgan fingerprint density at radius 2 is 1.27 bits per heavy atom. The van der Waals surface area contributed by atoms with E-state index >= 15 is 0 Å². The largest absolute Gasteiger partial charge is 0.466 e. The summed E-state index contributed by atoms with van der Waals surface area (Å²) in [7, 11) is -1.61. The van der Waals surface area contributed by atoms with Crippen LogP contribution in [0.4, 0.5) is 0 Å². The van der Waals surface area contributed by atoms with Gasteiger partial charge in [0.15, 0.2) is 0 Å². The molecular formula is C25H32O4Si. The number of allylic oxidation sites excluding steroid dienone is 2. The zero-order chi connectivity index (χ0) is 21.3. The number of benzene rings is 2. The van der Waals surface area contributed by atoms with Crippen molar-refractivity contribution in [3.05, 3.63) is 89.5 Å². The van der Waals surface area contributed by atoms with Crippen LogP contribution in [-0.2, 0) is 19.1 Å². The van der Waals surface area contributed by atoms with Gasteiger partial charge in [0.2, 0.25) is 0 Å². The highest BCUT2D eigenvalue weighted by Crippen LogP contribution is 2.23. The molecule has 0 unspecified atom stereocenters. The minimum Gasteiger partial charge on any atom is -0.466 e. The predicted molar refractivity (Wildman–Crippen MR) is 126 cm³/mol. The summed E-state index contributed by atoms with van der Waals surface area (Å²) in [6.45, 7) is 8.17. The number of rotatable bonds is 8. The van der Waals surface area contributed by atoms with Crippen molar-refractivity contribution in [2.24, 2.45) is 0 Å². The lowest BCUT2D eigenvalue weighted by atomic mass is 9.97. The van der Waals surface area contributed by atoms with E-state index in [1.54, 1.807) is 13.0 Å². The van der Waals surface area contributed by atoms with Crippen LogP contribution in [0.15, 0.2) is 78.4 Å². The monoisotopic (exact) mass is 424 g/mol. The zero-order valence-corrected chi connectivity index (χ0v) is 18.5. The van der Waals surface area contributed by atoms with E-state index in [1.165, 1.54) is 6.08 Å². The minimum absolute atomic E-state index is 0. The van der Waals surface area contributed by atoms with Crippen LogP contribution in [0.3, 0.4) is 0 Å². The van der Waals surface area contributed by atoms with E-state index in [1.807, 2.05) is 60.7 Å². The second-order valence-electron chi connectivity index (χ2n) is 7.75. The Morgan fingerprint density at radius 1 is 0.800 bits per heavy atom. The van der Waals surface area contributed by atoms with Gasteiger partial charge in [-0.15, -0.1) is 0 Å². The van der Waals surface area contributed by atoms with E-state index in [4.69, 9.17) is 9.47 Å². The molecule has 4 nitrogen and oxygen atoms in total. The van der Waals surface area contributed by atoms with Gasteiger partial charge in [-0.3, -0.25) is 0 Å². The topological polar surface area (TPSA) is 52.6 Å². The van der Waals surface area contributed by atoms with Crippen molar-refractivity contribution in [2.75, 3.05) is 12.8 Å². The predicted octanol–water partition coefficient (Wildman–Crippen LogP) is 5.66. The molecule has 0 saturated carbocycles. The molecule has 0 amide bonds. The van der Waals surface area contributed by atoms with Crippen molar-refractivity contribution in [2.45, 2.75) is 34.0 Å². The highest BCUT2D eigenvalue weighted by atomic mass is 28.3. The highest BCUT2D eigenvalue weighted by Gasteiger charge is 2.23. The van der Waals surface area contributed by atoms with Crippen LogP contribution in [0.2, 0.25) is 19.6 Å². The summed E-state index contributed by atoms with van der Waals surface area (Å²) in [5.41, 5.74) is 2.75. The molecule has 0 N–H and O–H groups in total. The van der Waals surface area contributed by atoms with Crippen LogP contribution in [-0.4, -0.2) is 32.8 Å². The normalized spacial score (nSPS) is 11.1. The van der Waals surface area contributed by atoms with Crippen LogP contribution in [0.1, 0.15) is 25.5 Å². The minimum atomic E-state index is -1.61. The van der Waals surface area contributed by atoms with Gasteiger partial charge in [-0.05, 0) is 29.7 Å². The maximum Gasteiger partial charge on any atom is 0.345 e. The quantitative estimate of drug-likeness (QED) is 0.137. The van der Waals surface area contributed by atoms with Gasteiger partial charge >= 0.3 is 11.9 Å². The van der Waals surface area contributed by atoms with Crippen LogP contribution in [0, 0.1) is 0 Å². The first-order chi connectivity index (χ1) is 13.8. The molecule has 160 valence electrons. The Balaban J connectivity index is 0.00000450. The van der Waals surface area contributed by atoms with Gasteiger partial charge < -0.3 is 9.47 Å². The lowest BCUT2D eigenvalue weighted by Gasteiger charge is -2.16. The van der Waals surface area contributed by atoms with E-state index in [0.717, 1.165) is 16.7 Å². The van der Waals surface area contributed by atoms with Crippen LogP contribution < -0.4 is 0 Å². The van der Waals surface area contributed by atoms with Gasteiger partial charge in [0.05, 0.1) is 20.9 Å². The van der Waals surface area contributed by atoms with E-state index in [0.29, 0.717) is 6.23 Å². The first-order valence-corrected chi connectivity index (χ1v) is 13.4. The molecule has 0 aliphatic carbocycles. The van der Waals surface area contributed by atoms with Crippen LogP contribution in [0.5, 0.6) is 0 Å². The van der Waals surface area contributed by atoms with Crippen molar-refractivity contribution in [1.29, 1.82) is 0 Å². The molecule has 0 bridgehead atoms. The third-order valence-electron chi connectivity index (χ3n) is 3.94. The molecule has 30 heavy (non-hydrogen) atoms. The summed E-state index contributed by atoms with van der Waals surface area (Å²) in [6.07, 6.45) is 3.61. The fourth-order valence-electron chi connectivity index (χ4n) is 2.55. The highest BCUT2D eigenvalue weighted by molar-refractivity contribution is 6.76. The Hall–Kier alpha value is -2.92. The molecule has 0 aromatic heterocycles. The Labute approximate surface area is 181 Å². The van der Waals surface area contributed by atoms with E-state index < -0.39 is 20.0 Å². The van der Waals surface area contributed by atoms with E-state index in [-0.39, 0.29) is 19.6 Å². The second-order valence-corrected chi connectivity index (χ2v) is 13.2. The van der Waals surface area contributed by atoms with Crippen molar-refractivity contribution in [3.63, 3.8) is 0 Å². The summed E-state index contributed by atoms with van der Waals surface area (Å²) in [5, 5.41) is 0. The maximum atomic E-state index is 12.6. The molecule has 0 aliphatic rings. The number of hydrogen-bond acceptors (Lipinski definition) is 4. The molecule has 0 heterocycles. The van der Waals surface area contributed by atoms with Crippen molar-refractivity contribution in [3.8, 4) is 0 Å². The standard InChI is InChI=1S/C24H28O4Si.CH4/c1-5-27-23(25)22(24(26)28-18-29(2,3)4)17-16-21(19-12-8-6-9-13-19)20-14-10-7-11-15-20;/h6-17H,5,18H2,1-4H3;1H4/b22-17-;. The molecule has 2 aromatic rings. The molecule has 0 radical (unpaired) electrons. The van der Waals surface area contributed by atoms with Gasteiger partial charge in [-0.2, -0.15) is 0 Å². The average molecular weight is 425 g/mol. The van der Waals surface area contributed by atoms with Gasteiger partial charge in [0, 0.05) is 0 Å². The number of carbonyl (C=O) groups is 2. The first-order valence-electron chi connectivity index (χ1n) is 9.69. The Kier molecular flexibility index (Phi) is 9.99. The maximum absolute atomic E-state index is 12.6. The number of esters is 2. The summed E-state index contributed by atoms with van der Waals surface area (Å²) >= 11 is 0. The molecule has 0 spiro atoms. The lowest BCUT2D eigenvalue weighted by molar-refractivity contribution is -0.146. The average Bonchev–Trinajstić information content (AvgIpc) is 2.70. The summed E-state index contributed by atoms with van der Waals surface area (Å²) in [6, 6.07) is 19.6. The molecule has 5 heteroatoms. The molecule has 0 aliphatic heterocycles. The van der Waals surface area contributed by atoms with E-state index in [2.05, 4.69) is 19.6 Å². The number of ether oxygens (including phenoxy) is 2. The third kappa shape index (κ3) is 7.83. The second kappa shape index (κ2) is 11.9. The van der Waals surface area contributed by atoms with Gasteiger partial charge in [-0.25, -0.2) is 9.59 Å². The fraction of sp³-hybridized carbons (Fsp3) is 0.280. The van der Waals surface area contributed by atoms with Crippen molar-refractivity contribution >= 4 is 25.6 Å². The van der Waals surface area contributed by atoms with Gasteiger partial charge in [-0.1, -0.05) is 93.8 Å². The molecule has 0 saturated heterocycles. The number of carbonyl (C=O) groups excluding carboxylic acids is 2. The zero-order valence-electron chi connectivity index (χ0n) is 17.5. The SMILES string of the molecule is C.CCOC(=O)/C(=C/C=C(c1ccccc1)c1ccccc1)C(=O)OC[Si](C)(C)C. The van der Waals surface area contributed by atoms with Gasteiger partial charge in [0.1, 0.15) is 5.57 Å². The first kappa shape index (κ1) is 25.1. The Bertz CT molecular complexity index is 837.